The molecule has 9 nitrogen and oxygen atoms in total. The van der Waals surface area contributed by atoms with Gasteiger partial charge in [-0.05, 0) is 36.5 Å². The number of carbonyl (C=O) groups is 1. The molecular formula is C23H27N7O2. The van der Waals surface area contributed by atoms with Gasteiger partial charge in [-0.3, -0.25) is 4.79 Å². The first-order valence-electron chi connectivity index (χ1n) is 11.0. The number of hydrogen-bond donors (Lipinski definition) is 3. The molecule has 0 aliphatic carbocycles. The first-order valence-corrected chi connectivity index (χ1v) is 11.0. The minimum Gasteiger partial charge on any atom is -0.381 e. The molecule has 1 aliphatic rings. The van der Waals surface area contributed by atoms with Gasteiger partial charge >= 0.3 is 0 Å². The lowest BCUT2D eigenvalue weighted by Crippen LogP contribution is -2.38. The van der Waals surface area contributed by atoms with Crippen LogP contribution in [-0.4, -0.2) is 56.3 Å². The highest BCUT2D eigenvalue weighted by atomic mass is 16.5. The van der Waals surface area contributed by atoms with Crippen molar-refractivity contribution in [3.63, 3.8) is 0 Å². The van der Waals surface area contributed by atoms with Crippen LogP contribution in [0, 0.1) is 5.92 Å². The Balaban J connectivity index is 1.43. The van der Waals surface area contributed by atoms with Crippen molar-refractivity contribution in [3.05, 3.63) is 42.5 Å². The summed E-state index contributed by atoms with van der Waals surface area (Å²) >= 11 is 0. The van der Waals surface area contributed by atoms with E-state index in [1.54, 1.807) is 10.7 Å². The Morgan fingerprint density at radius 2 is 2.16 bits per heavy atom. The van der Waals surface area contributed by atoms with E-state index in [-0.39, 0.29) is 11.9 Å². The summed E-state index contributed by atoms with van der Waals surface area (Å²) < 4.78 is 7.10. The van der Waals surface area contributed by atoms with Crippen LogP contribution in [0.3, 0.4) is 0 Å². The van der Waals surface area contributed by atoms with E-state index >= 15 is 0 Å². The number of H-pyrrole nitrogens is 1. The van der Waals surface area contributed by atoms with Gasteiger partial charge in [0.1, 0.15) is 5.65 Å². The van der Waals surface area contributed by atoms with Gasteiger partial charge in [-0.15, -0.1) is 0 Å². The normalized spacial score (nSPS) is 15.0. The first kappa shape index (κ1) is 20.4. The molecule has 5 rings (SSSR count). The summed E-state index contributed by atoms with van der Waals surface area (Å²) in [7, 11) is 0. The number of carbonyl (C=O) groups excluding carboxylic acids is 1. The van der Waals surface area contributed by atoms with Crippen molar-refractivity contribution >= 4 is 28.4 Å². The Hall–Kier alpha value is -3.46. The van der Waals surface area contributed by atoms with E-state index in [9.17, 15) is 4.79 Å². The third-order valence-corrected chi connectivity index (χ3v) is 5.73. The highest BCUT2D eigenvalue weighted by molar-refractivity contribution is 6.02. The third kappa shape index (κ3) is 4.03. The molecule has 0 bridgehead atoms. The van der Waals surface area contributed by atoms with E-state index in [1.165, 1.54) is 0 Å². The third-order valence-electron chi connectivity index (χ3n) is 5.73. The number of nitrogens with zero attached hydrogens (tertiary/aromatic N) is 4. The van der Waals surface area contributed by atoms with Gasteiger partial charge in [-0.1, -0.05) is 13.8 Å². The Morgan fingerprint density at radius 3 is 2.97 bits per heavy atom. The summed E-state index contributed by atoms with van der Waals surface area (Å²) in [6, 6.07) is 4.10. The lowest BCUT2D eigenvalue weighted by Gasteiger charge is -2.22. The maximum absolute atomic E-state index is 12.9. The van der Waals surface area contributed by atoms with E-state index in [1.807, 2.05) is 30.7 Å². The molecule has 3 N–H and O–H groups in total. The van der Waals surface area contributed by atoms with Crippen molar-refractivity contribution < 1.29 is 9.53 Å². The van der Waals surface area contributed by atoms with Crippen molar-refractivity contribution in [3.8, 4) is 11.1 Å². The second kappa shape index (κ2) is 8.58. The zero-order chi connectivity index (χ0) is 22.1. The number of ether oxygens (including phenoxy) is 1. The molecule has 5 heterocycles. The van der Waals surface area contributed by atoms with Gasteiger partial charge in [0.2, 0.25) is 5.95 Å². The molecule has 166 valence electrons. The average molecular weight is 434 g/mol. The van der Waals surface area contributed by atoms with Crippen LogP contribution in [0.5, 0.6) is 0 Å². The van der Waals surface area contributed by atoms with Gasteiger partial charge < -0.3 is 20.4 Å². The number of amides is 1. The monoisotopic (exact) mass is 433 g/mol. The van der Waals surface area contributed by atoms with Crippen molar-refractivity contribution in [2.45, 2.75) is 32.7 Å². The number of nitrogens with one attached hydrogen (secondary N) is 3. The fraction of sp³-hybridized carbons (Fsp3) is 0.391. The summed E-state index contributed by atoms with van der Waals surface area (Å²) in [5, 5.41) is 11.7. The van der Waals surface area contributed by atoms with E-state index in [2.05, 4.69) is 44.5 Å². The standard InChI is InChI=1S/C23H27N7O2/c1-14(2)10-25-23-26-12-18-17(11-24-21(18)29-23)15-3-6-30-20(9-15)19(13-27-30)22(31)28-16-4-7-32-8-5-16/h3,6,9,11-14,16H,4-5,7-8,10H2,1-2H3,(H,28,31)(H2,24,25,26,29). The summed E-state index contributed by atoms with van der Waals surface area (Å²) in [4.78, 5) is 25.2. The number of hydrogen-bond acceptors (Lipinski definition) is 6. The molecule has 1 amide bonds. The second-order valence-electron chi connectivity index (χ2n) is 8.60. The maximum atomic E-state index is 12.9. The molecule has 0 aromatic carbocycles. The molecule has 0 atom stereocenters. The van der Waals surface area contributed by atoms with Gasteiger partial charge in [0, 0.05) is 55.3 Å². The van der Waals surface area contributed by atoms with Crippen molar-refractivity contribution in [2.75, 3.05) is 25.1 Å². The zero-order valence-electron chi connectivity index (χ0n) is 18.3. The topological polar surface area (TPSA) is 109 Å². The molecule has 0 saturated carbocycles. The van der Waals surface area contributed by atoms with Crippen LogP contribution in [0.4, 0.5) is 5.95 Å². The molecule has 1 aliphatic heterocycles. The van der Waals surface area contributed by atoms with Crippen LogP contribution in [0.2, 0.25) is 0 Å². The van der Waals surface area contributed by atoms with Gasteiger partial charge in [-0.2, -0.15) is 10.1 Å². The SMILES string of the molecule is CC(C)CNc1ncc2c(-c3ccn4ncc(C(=O)NC5CCOCC5)c4c3)c[nH]c2n1. The molecule has 4 aromatic heterocycles. The summed E-state index contributed by atoms with van der Waals surface area (Å²) in [6.45, 7) is 6.46. The summed E-state index contributed by atoms with van der Waals surface area (Å²) in [5.74, 6) is 1.01. The van der Waals surface area contributed by atoms with Gasteiger partial charge in [-0.25, -0.2) is 9.50 Å². The maximum Gasteiger partial charge on any atom is 0.255 e. The fourth-order valence-corrected chi connectivity index (χ4v) is 3.95. The predicted octanol–water partition coefficient (Wildman–Crippen LogP) is 3.25. The van der Waals surface area contributed by atoms with Crippen molar-refractivity contribution in [1.82, 2.24) is 29.9 Å². The summed E-state index contributed by atoms with van der Waals surface area (Å²) in [5.41, 5.74) is 4.05. The molecule has 0 radical (unpaired) electrons. The zero-order valence-corrected chi connectivity index (χ0v) is 18.3. The molecule has 0 unspecified atom stereocenters. The number of fused-ring (bicyclic) bond motifs is 2. The van der Waals surface area contributed by atoms with E-state index in [0.717, 1.165) is 47.1 Å². The van der Waals surface area contributed by atoms with Crippen LogP contribution < -0.4 is 10.6 Å². The minimum atomic E-state index is -0.104. The van der Waals surface area contributed by atoms with E-state index in [0.29, 0.717) is 30.6 Å². The molecule has 1 saturated heterocycles. The Kier molecular flexibility index (Phi) is 5.48. The second-order valence-corrected chi connectivity index (χ2v) is 8.60. The molecule has 32 heavy (non-hydrogen) atoms. The van der Waals surface area contributed by atoms with Gasteiger partial charge in [0.15, 0.2) is 0 Å². The highest BCUT2D eigenvalue weighted by Gasteiger charge is 2.20. The fourth-order valence-electron chi connectivity index (χ4n) is 3.95. The van der Waals surface area contributed by atoms with Crippen LogP contribution in [-0.2, 0) is 4.74 Å². The van der Waals surface area contributed by atoms with Gasteiger partial charge in [0.05, 0.1) is 17.3 Å². The highest BCUT2D eigenvalue weighted by Crippen LogP contribution is 2.29. The van der Waals surface area contributed by atoms with Crippen LogP contribution >= 0.6 is 0 Å². The predicted molar refractivity (Wildman–Crippen MR) is 123 cm³/mol. The molecule has 9 heteroatoms. The lowest BCUT2D eigenvalue weighted by atomic mass is 10.1. The average Bonchev–Trinajstić information content (AvgIpc) is 3.41. The van der Waals surface area contributed by atoms with Crippen LogP contribution in [0.25, 0.3) is 27.7 Å². The van der Waals surface area contributed by atoms with Crippen LogP contribution in [0.1, 0.15) is 37.0 Å². The largest absolute Gasteiger partial charge is 0.381 e. The van der Waals surface area contributed by atoms with Crippen molar-refractivity contribution in [1.29, 1.82) is 0 Å². The number of aromatic amines is 1. The number of aromatic nitrogens is 5. The summed E-state index contributed by atoms with van der Waals surface area (Å²) in [6.07, 6.45) is 8.91. The molecule has 1 fully saturated rings. The minimum absolute atomic E-state index is 0.104. The van der Waals surface area contributed by atoms with E-state index in [4.69, 9.17) is 4.74 Å². The smallest absolute Gasteiger partial charge is 0.255 e. The molecular weight excluding hydrogens is 406 g/mol. The number of anilines is 1. The Morgan fingerprint density at radius 1 is 1.31 bits per heavy atom. The Labute approximate surface area is 185 Å². The first-order chi connectivity index (χ1) is 15.6. The Bertz CT molecular complexity index is 1250. The number of pyridine rings is 1. The van der Waals surface area contributed by atoms with E-state index < -0.39 is 0 Å². The number of rotatable bonds is 6. The quantitative estimate of drug-likeness (QED) is 0.431. The molecule has 0 spiro atoms. The lowest BCUT2D eigenvalue weighted by molar-refractivity contribution is 0.0697. The van der Waals surface area contributed by atoms with Crippen LogP contribution in [0.15, 0.2) is 36.9 Å². The van der Waals surface area contributed by atoms with Crippen molar-refractivity contribution in [2.24, 2.45) is 5.92 Å². The van der Waals surface area contributed by atoms with Gasteiger partial charge in [0.25, 0.3) is 5.91 Å². The molecule has 4 aromatic rings.